The fraction of sp³-hybridized carbons (Fsp3) is 0.500. The number of hydrogen-bond donors (Lipinski definition) is 1. The van der Waals surface area contributed by atoms with Crippen LogP contribution in [0, 0.1) is 0 Å². The Kier molecular flexibility index (Phi) is 8.15. The lowest BCUT2D eigenvalue weighted by atomic mass is 10.1. The van der Waals surface area contributed by atoms with Crippen molar-refractivity contribution in [3.63, 3.8) is 0 Å². The van der Waals surface area contributed by atoms with E-state index in [-0.39, 0.29) is 10.8 Å². The lowest BCUT2D eigenvalue weighted by Crippen LogP contribution is -2.30. The Morgan fingerprint density at radius 3 is 2.36 bits per heavy atom. The number of hydrogen-bond acceptors (Lipinski definition) is 5. The highest BCUT2D eigenvalue weighted by atomic mass is 32.2. The molecule has 0 saturated carbocycles. The zero-order valence-electron chi connectivity index (χ0n) is 16.9. The summed E-state index contributed by atoms with van der Waals surface area (Å²) in [5.41, 5.74) is 1.82. The fourth-order valence-electron chi connectivity index (χ4n) is 2.75. The van der Waals surface area contributed by atoms with E-state index >= 15 is 0 Å². The van der Waals surface area contributed by atoms with Gasteiger partial charge in [-0.2, -0.15) is 4.31 Å². The van der Waals surface area contributed by atoms with Crippen molar-refractivity contribution in [2.75, 3.05) is 13.1 Å². The van der Waals surface area contributed by atoms with Gasteiger partial charge in [-0.15, -0.1) is 11.3 Å². The molecule has 8 heteroatoms. The summed E-state index contributed by atoms with van der Waals surface area (Å²) in [5, 5.41) is 5.94. The summed E-state index contributed by atoms with van der Waals surface area (Å²) in [4.78, 5) is 16.9. The van der Waals surface area contributed by atoms with E-state index in [0.29, 0.717) is 38.4 Å². The van der Waals surface area contributed by atoms with Crippen molar-refractivity contribution in [2.45, 2.75) is 57.9 Å². The van der Waals surface area contributed by atoms with Gasteiger partial charge in [-0.05, 0) is 24.1 Å². The Bertz CT molecular complexity index is 870. The molecule has 0 saturated heterocycles. The van der Waals surface area contributed by atoms with Crippen LogP contribution in [-0.2, 0) is 27.8 Å². The van der Waals surface area contributed by atoms with Crippen molar-refractivity contribution >= 4 is 27.3 Å². The van der Waals surface area contributed by atoms with E-state index in [0.717, 1.165) is 16.3 Å². The van der Waals surface area contributed by atoms with Crippen molar-refractivity contribution < 1.29 is 13.2 Å². The number of nitrogens with zero attached hydrogens (tertiary/aromatic N) is 2. The minimum atomic E-state index is -3.44. The summed E-state index contributed by atoms with van der Waals surface area (Å²) in [6, 6.07) is 6.78. The number of amides is 1. The second-order valence-electron chi connectivity index (χ2n) is 6.84. The van der Waals surface area contributed by atoms with Gasteiger partial charge in [-0.25, -0.2) is 13.4 Å². The van der Waals surface area contributed by atoms with Gasteiger partial charge in [0.1, 0.15) is 0 Å². The standard InChI is InChI=1S/C20H29N3O3S2/c1-5-23(6-2)28(25,26)18-10-7-16(8-11-18)9-12-19(24)21-13-17-14-27-20(22-17)15(3)4/h7-8,10-11,14-15H,5-6,9,12-13H2,1-4H3,(H,21,24). The van der Waals surface area contributed by atoms with Crippen molar-refractivity contribution in [1.82, 2.24) is 14.6 Å². The lowest BCUT2D eigenvalue weighted by Gasteiger charge is -2.18. The number of aryl methyl sites for hydroxylation is 1. The largest absolute Gasteiger partial charge is 0.350 e. The van der Waals surface area contributed by atoms with Crippen LogP contribution >= 0.6 is 11.3 Å². The maximum atomic E-state index is 12.5. The van der Waals surface area contributed by atoms with E-state index in [1.54, 1.807) is 35.6 Å². The number of rotatable bonds is 10. The van der Waals surface area contributed by atoms with Gasteiger partial charge < -0.3 is 5.32 Å². The van der Waals surface area contributed by atoms with Crippen LogP contribution in [0.4, 0.5) is 0 Å². The first-order chi connectivity index (χ1) is 13.3. The van der Waals surface area contributed by atoms with E-state index < -0.39 is 10.0 Å². The van der Waals surface area contributed by atoms with Gasteiger partial charge >= 0.3 is 0 Å². The maximum Gasteiger partial charge on any atom is 0.243 e. The summed E-state index contributed by atoms with van der Waals surface area (Å²) in [7, 11) is -3.44. The van der Waals surface area contributed by atoms with Gasteiger partial charge in [0.05, 0.1) is 22.1 Å². The smallest absolute Gasteiger partial charge is 0.243 e. The Labute approximate surface area is 172 Å². The minimum absolute atomic E-state index is 0.0427. The van der Waals surface area contributed by atoms with Gasteiger partial charge in [0, 0.05) is 30.8 Å². The molecule has 2 aromatic rings. The third kappa shape index (κ3) is 5.86. The molecular weight excluding hydrogens is 394 g/mol. The van der Waals surface area contributed by atoms with Gasteiger partial charge in [-0.3, -0.25) is 4.79 Å². The molecule has 0 aliphatic carbocycles. The van der Waals surface area contributed by atoms with Crippen LogP contribution in [0.5, 0.6) is 0 Å². The molecule has 0 aliphatic rings. The molecule has 0 atom stereocenters. The summed E-state index contributed by atoms with van der Waals surface area (Å²) in [5.74, 6) is 0.349. The predicted octanol–water partition coefficient (Wildman–Crippen LogP) is 3.55. The summed E-state index contributed by atoms with van der Waals surface area (Å²) < 4.78 is 26.4. The number of benzene rings is 1. The summed E-state index contributed by atoms with van der Waals surface area (Å²) in [6.07, 6.45) is 0.912. The van der Waals surface area contributed by atoms with E-state index in [1.807, 2.05) is 19.2 Å². The highest BCUT2D eigenvalue weighted by Gasteiger charge is 2.21. The topological polar surface area (TPSA) is 79.4 Å². The van der Waals surface area contributed by atoms with E-state index in [1.165, 1.54) is 4.31 Å². The van der Waals surface area contributed by atoms with E-state index in [2.05, 4.69) is 24.1 Å². The number of carbonyl (C=O) groups is 1. The Hall–Kier alpha value is -1.77. The average molecular weight is 424 g/mol. The monoisotopic (exact) mass is 423 g/mol. The second kappa shape index (κ2) is 10.1. The molecule has 28 heavy (non-hydrogen) atoms. The van der Waals surface area contributed by atoms with Gasteiger partial charge in [0.25, 0.3) is 0 Å². The van der Waals surface area contributed by atoms with Crippen molar-refractivity contribution in [3.8, 4) is 0 Å². The van der Waals surface area contributed by atoms with E-state index in [9.17, 15) is 13.2 Å². The minimum Gasteiger partial charge on any atom is -0.350 e. The molecule has 1 aromatic heterocycles. The van der Waals surface area contributed by atoms with Crippen molar-refractivity contribution in [2.24, 2.45) is 0 Å². The Morgan fingerprint density at radius 1 is 1.18 bits per heavy atom. The van der Waals surface area contributed by atoms with Crippen LogP contribution < -0.4 is 5.32 Å². The van der Waals surface area contributed by atoms with Crippen LogP contribution in [-0.4, -0.2) is 36.7 Å². The van der Waals surface area contributed by atoms with Gasteiger partial charge in [0.2, 0.25) is 15.9 Å². The molecule has 1 heterocycles. The Balaban J connectivity index is 1.86. The summed E-state index contributed by atoms with van der Waals surface area (Å²) in [6.45, 7) is 9.16. The highest BCUT2D eigenvalue weighted by Crippen LogP contribution is 2.19. The molecule has 0 spiro atoms. The van der Waals surface area contributed by atoms with Crippen LogP contribution in [0.3, 0.4) is 0 Å². The Morgan fingerprint density at radius 2 is 1.82 bits per heavy atom. The first-order valence-electron chi connectivity index (χ1n) is 9.58. The first kappa shape index (κ1) is 22.5. The third-order valence-corrected chi connectivity index (χ3v) is 7.70. The summed E-state index contributed by atoms with van der Waals surface area (Å²) >= 11 is 1.61. The molecule has 2 rings (SSSR count). The zero-order chi connectivity index (χ0) is 20.7. The molecule has 1 N–H and O–H groups in total. The molecule has 0 fully saturated rings. The maximum absolute atomic E-state index is 12.5. The normalized spacial score (nSPS) is 11.9. The molecule has 0 radical (unpaired) electrons. The molecule has 1 aromatic carbocycles. The zero-order valence-corrected chi connectivity index (χ0v) is 18.6. The fourth-order valence-corrected chi connectivity index (χ4v) is 5.04. The van der Waals surface area contributed by atoms with Crippen LogP contribution in [0.25, 0.3) is 0 Å². The second-order valence-corrected chi connectivity index (χ2v) is 9.67. The number of carbonyl (C=O) groups excluding carboxylic acids is 1. The van der Waals surface area contributed by atoms with Gasteiger partial charge in [0.15, 0.2) is 0 Å². The highest BCUT2D eigenvalue weighted by molar-refractivity contribution is 7.89. The van der Waals surface area contributed by atoms with Crippen LogP contribution in [0.1, 0.15) is 56.3 Å². The third-order valence-electron chi connectivity index (χ3n) is 4.44. The number of sulfonamides is 1. The molecule has 6 nitrogen and oxygen atoms in total. The van der Waals surface area contributed by atoms with Crippen LogP contribution in [0.2, 0.25) is 0 Å². The van der Waals surface area contributed by atoms with Crippen molar-refractivity contribution in [1.29, 1.82) is 0 Å². The number of thiazole rings is 1. The molecule has 154 valence electrons. The molecule has 0 bridgehead atoms. The predicted molar refractivity (Wildman–Crippen MR) is 113 cm³/mol. The average Bonchev–Trinajstić information content (AvgIpc) is 3.15. The van der Waals surface area contributed by atoms with E-state index in [4.69, 9.17) is 0 Å². The molecule has 1 amide bonds. The lowest BCUT2D eigenvalue weighted by molar-refractivity contribution is -0.121. The quantitative estimate of drug-likeness (QED) is 0.634. The molecular formula is C20H29N3O3S2. The SMILES string of the molecule is CCN(CC)S(=O)(=O)c1ccc(CCC(=O)NCc2csc(C(C)C)n2)cc1. The molecule has 0 unspecified atom stereocenters. The van der Waals surface area contributed by atoms with Crippen LogP contribution in [0.15, 0.2) is 34.5 Å². The first-order valence-corrected chi connectivity index (χ1v) is 11.9. The number of nitrogens with one attached hydrogen (secondary N) is 1. The van der Waals surface area contributed by atoms with Crippen molar-refractivity contribution in [3.05, 3.63) is 45.9 Å². The number of aromatic nitrogens is 1. The van der Waals surface area contributed by atoms with Gasteiger partial charge in [-0.1, -0.05) is 39.8 Å². The molecule has 0 aliphatic heterocycles.